The Balaban J connectivity index is 1.25. The number of benzene rings is 1. The monoisotopic (exact) mass is 652 g/mol. The molecule has 3 aliphatic rings. The molecule has 2 atom stereocenters. The van der Waals surface area contributed by atoms with Crippen LogP contribution in [0.3, 0.4) is 0 Å². The van der Waals surface area contributed by atoms with Crippen LogP contribution in [-0.4, -0.2) is 125 Å². The number of likely N-dealkylation sites (tertiary alicyclic amines) is 1. The minimum Gasteiger partial charge on any atom is -0.483 e. The minimum absolute atomic E-state index is 0.140. The summed E-state index contributed by atoms with van der Waals surface area (Å²) >= 11 is 0. The number of pyridine rings is 1. The van der Waals surface area contributed by atoms with Crippen LogP contribution >= 0.6 is 0 Å². The van der Waals surface area contributed by atoms with Crippen LogP contribution in [0.25, 0.3) is 10.9 Å². The second kappa shape index (κ2) is 15.1. The molecule has 3 fully saturated rings. The third-order valence-electron chi connectivity index (χ3n) is 8.71. The van der Waals surface area contributed by atoms with Crippen molar-refractivity contribution in [3.63, 3.8) is 0 Å². The van der Waals surface area contributed by atoms with Crippen LogP contribution in [0.1, 0.15) is 55.9 Å². The van der Waals surface area contributed by atoms with E-state index in [1.807, 2.05) is 0 Å². The highest BCUT2D eigenvalue weighted by Gasteiger charge is 2.39. The average Bonchev–Trinajstić information content (AvgIpc) is 3.55. The molecule has 2 aliphatic heterocycles. The fraction of sp³-hybridized carbons (Fsp3) is 0.531. The molecule has 15 heteroatoms. The van der Waals surface area contributed by atoms with Crippen molar-refractivity contribution in [1.29, 1.82) is 0 Å². The van der Waals surface area contributed by atoms with Gasteiger partial charge in [-0.05, 0) is 38.3 Å². The van der Waals surface area contributed by atoms with Crippen LogP contribution < -0.4 is 15.4 Å². The molecule has 3 heterocycles. The Morgan fingerprint density at radius 3 is 2.34 bits per heavy atom. The molecule has 1 aliphatic carbocycles. The number of nitrogens with zero attached hydrogens (tertiary/aromatic N) is 4. The summed E-state index contributed by atoms with van der Waals surface area (Å²) in [6.45, 7) is 2.66. The van der Waals surface area contributed by atoms with E-state index in [2.05, 4.69) is 15.6 Å². The van der Waals surface area contributed by atoms with Crippen LogP contribution in [0.2, 0.25) is 0 Å². The fourth-order valence-electron chi connectivity index (χ4n) is 6.08. The lowest BCUT2D eigenvalue weighted by atomic mass is 10.0. The number of nitrogens with one attached hydrogen (secondary N) is 2. The molecule has 1 saturated carbocycles. The molecule has 1 aromatic carbocycles. The summed E-state index contributed by atoms with van der Waals surface area (Å²) in [6, 6.07) is 6.39. The first-order chi connectivity index (χ1) is 22.6. The molecule has 1 aromatic heterocycles. The Bertz CT molecular complexity index is 1520. The lowest BCUT2D eigenvalue weighted by Gasteiger charge is -2.40. The van der Waals surface area contributed by atoms with E-state index >= 15 is 0 Å². The number of aromatic nitrogens is 1. The van der Waals surface area contributed by atoms with Gasteiger partial charge in [0.1, 0.15) is 23.5 Å². The predicted octanol–water partition coefficient (Wildman–Crippen LogP) is 1.15. The molecule has 5 amide bonds. The number of amides is 5. The number of aliphatic carboxylic acids is 1. The van der Waals surface area contributed by atoms with Gasteiger partial charge in [-0.1, -0.05) is 25.0 Å². The van der Waals surface area contributed by atoms with E-state index in [1.54, 1.807) is 31.2 Å². The summed E-state index contributed by atoms with van der Waals surface area (Å²) < 4.78 is 10.9. The number of fused-ring (bicyclic) bond motifs is 1. The maximum atomic E-state index is 13.4. The molecule has 0 spiro atoms. The van der Waals surface area contributed by atoms with E-state index in [-0.39, 0.29) is 68.7 Å². The van der Waals surface area contributed by atoms with Crippen LogP contribution in [0, 0.1) is 0 Å². The first-order valence-electron chi connectivity index (χ1n) is 16.0. The number of para-hydroxylation sites is 1. The zero-order chi connectivity index (χ0) is 33.5. The van der Waals surface area contributed by atoms with Crippen molar-refractivity contribution in [2.45, 2.75) is 63.6 Å². The number of carbonyl (C=O) groups is 6. The SMILES string of the molecule is CCOC(=O)N1CCN(C(=O)[C@H](CC(=O)O)NC(=O)c2cc(OCC(=O)N3CC[C@H]3C(=O)NC3CCCC3)c3ccccc3n2)CC1. The average molecular weight is 653 g/mol. The van der Waals surface area contributed by atoms with Crippen molar-refractivity contribution >= 4 is 46.6 Å². The summed E-state index contributed by atoms with van der Waals surface area (Å²) in [7, 11) is 0. The van der Waals surface area contributed by atoms with Gasteiger partial charge >= 0.3 is 12.1 Å². The molecule has 2 aromatic rings. The molecular weight excluding hydrogens is 612 g/mol. The van der Waals surface area contributed by atoms with Crippen molar-refractivity contribution in [1.82, 2.24) is 30.3 Å². The number of piperazine rings is 1. The smallest absolute Gasteiger partial charge is 0.409 e. The third-order valence-corrected chi connectivity index (χ3v) is 8.71. The number of carbonyl (C=O) groups excluding carboxylic acids is 5. The molecule has 5 rings (SSSR count). The molecule has 0 unspecified atom stereocenters. The molecule has 47 heavy (non-hydrogen) atoms. The van der Waals surface area contributed by atoms with Gasteiger partial charge in [0.15, 0.2) is 6.61 Å². The van der Waals surface area contributed by atoms with E-state index in [1.165, 1.54) is 20.8 Å². The summed E-state index contributed by atoms with van der Waals surface area (Å²) in [5.41, 5.74) is 0.246. The predicted molar refractivity (Wildman–Crippen MR) is 166 cm³/mol. The normalized spacial score (nSPS) is 18.7. The van der Waals surface area contributed by atoms with Gasteiger partial charge in [0.05, 0.1) is 18.5 Å². The van der Waals surface area contributed by atoms with E-state index in [9.17, 15) is 33.9 Å². The van der Waals surface area contributed by atoms with Crippen molar-refractivity contribution < 1.29 is 43.3 Å². The summed E-state index contributed by atoms with van der Waals surface area (Å²) in [5, 5.41) is 15.6. The maximum Gasteiger partial charge on any atom is 0.409 e. The largest absolute Gasteiger partial charge is 0.483 e. The highest BCUT2D eigenvalue weighted by atomic mass is 16.6. The number of hydrogen-bond donors (Lipinski definition) is 3. The topological polar surface area (TPSA) is 188 Å². The summed E-state index contributed by atoms with van der Waals surface area (Å²) in [6.07, 6.45) is 3.46. The molecule has 15 nitrogen and oxygen atoms in total. The molecule has 0 bridgehead atoms. The number of hydrogen-bond acceptors (Lipinski definition) is 9. The lowest BCUT2D eigenvalue weighted by Crippen LogP contribution is -2.60. The minimum atomic E-state index is -1.40. The first kappa shape index (κ1) is 33.4. The van der Waals surface area contributed by atoms with E-state index in [0.717, 1.165) is 25.7 Å². The van der Waals surface area contributed by atoms with Crippen molar-refractivity contribution in [3.05, 3.63) is 36.0 Å². The number of carboxylic acid groups (broad SMARTS) is 1. The van der Waals surface area contributed by atoms with Gasteiger partial charge in [-0.3, -0.25) is 24.0 Å². The van der Waals surface area contributed by atoms with Crippen LogP contribution in [0.4, 0.5) is 4.79 Å². The third kappa shape index (κ3) is 8.07. The highest BCUT2D eigenvalue weighted by molar-refractivity contribution is 6.00. The van der Waals surface area contributed by atoms with Gasteiger partial charge in [-0.25, -0.2) is 9.78 Å². The summed E-state index contributed by atoms with van der Waals surface area (Å²) in [5.74, 6) is -3.03. The van der Waals surface area contributed by atoms with Crippen LogP contribution in [-0.2, 0) is 23.9 Å². The first-order valence-corrected chi connectivity index (χ1v) is 16.0. The standard InChI is InChI=1S/C32H40N6O9/c1-2-46-32(45)37-15-13-36(14-16-37)31(44)24(18-28(40)41)35-29(42)23-17-26(21-9-5-6-10-22(21)34-23)47-19-27(39)38-12-11-25(38)30(43)33-20-7-3-4-8-20/h5-6,9-10,17,20,24-25H,2-4,7-8,11-16,18-19H2,1H3,(H,33,43)(H,35,42)(H,40,41)/t24-,25-/m0/s1. The quantitative estimate of drug-likeness (QED) is 0.318. The van der Waals surface area contributed by atoms with Crippen molar-refractivity contribution in [3.8, 4) is 5.75 Å². The second-order valence-electron chi connectivity index (χ2n) is 11.8. The van der Waals surface area contributed by atoms with Crippen molar-refractivity contribution in [2.24, 2.45) is 0 Å². The molecule has 0 radical (unpaired) electrons. The van der Waals surface area contributed by atoms with Gasteiger partial charge in [-0.15, -0.1) is 0 Å². The Hall–Kier alpha value is -4.95. The molecule has 252 valence electrons. The fourth-order valence-corrected chi connectivity index (χ4v) is 6.08. The summed E-state index contributed by atoms with van der Waals surface area (Å²) in [4.78, 5) is 85.0. The Kier molecular flexibility index (Phi) is 10.7. The molecule has 3 N–H and O–H groups in total. The second-order valence-corrected chi connectivity index (χ2v) is 11.8. The number of rotatable bonds is 11. The van der Waals surface area contributed by atoms with Crippen LogP contribution in [0.15, 0.2) is 30.3 Å². The van der Waals surface area contributed by atoms with Gasteiger partial charge in [0, 0.05) is 50.2 Å². The van der Waals surface area contributed by atoms with Gasteiger partial charge in [-0.2, -0.15) is 0 Å². The van der Waals surface area contributed by atoms with Crippen molar-refractivity contribution in [2.75, 3.05) is 45.9 Å². The van der Waals surface area contributed by atoms with E-state index in [4.69, 9.17) is 9.47 Å². The zero-order valence-corrected chi connectivity index (χ0v) is 26.3. The van der Waals surface area contributed by atoms with Crippen LogP contribution in [0.5, 0.6) is 5.75 Å². The highest BCUT2D eigenvalue weighted by Crippen LogP contribution is 2.27. The van der Waals surface area contributed by atoms with E-state index < -0.39 is 42.4 Å². The number of ether oxygens (including phenoxy) is 2. The van der Waals surface area contributed by atoms with E-state index in [0.29, 0.717) is 23.9 Å². The van der Waals surface area contributed by atoms with Gasteiger partial charge < -0.3 is 39.9 Å². The number of carboxylic acids is 1. The molecule has 2 saturated heterocycles. The maximum absolute atomic E-state index is 13.4. The Labute approximate surface area is 271 Å². The Morgan fingerprint density at radius 1 is 0.979 bits per heavy atom. The van der Waals surface area contributed by atoms with Gasteiger partial charge in [0.2, 0.25) is 11.8 Å². The lowest BCUT2D eigenvalue weighted by molar-refractivity contribution is -0.149. The van der Waals surface area contributed by atoms with Gasteiger partial charge in [0.25, 0.3) is 11.8 Å². The Morgan fingerprint density at radius 2 is 1.68 bits per heavy atom. The zero-order valence-electron chi connectivity index (χ0n) is 26.3. The molecular formula is C32H40N6O9.